The molecular formula is C11H8BrNO3. The number of benzene rings is 1. The number of carboxylic acids is 1. The van der Waals surface area contributed by atoms with Crippen LogP contribution in [-0.4, -0.2) is 21.2 Å². The molecule has 2 rings (SSSR count). The molecular weight excluding hydrogens is 274 g/mol. The topological polar surface area (TPSA) is 70.4 Å². The minimum Gasteiger partial charge on any atom is -0.505 e. The van der Waals surface area contributed by atoms with Gasteiger partial charge in [0, 0.05) is 15.6 Å². The number of carbonyl (C=O) groups is 1. The van der Waals surface area contributed by atoms with Crippen LogP contribution in [0.3, 0.4) is 0 Å². The van der Waals surface area contributed by atoms with Gasteiger partial charge in [-0.1, -0.05) is 15.9 Å². The highest BCUT2D eigenvalue weighted by atomic mass is 79.9. The molecule has 1 heterocycles. The molecule has 82 valence electrons. The number of hydrogen-bond acceptors (Lipinski definition) is 3. The number of rotatable bonds is 1. The van der Waals surface area contributed by atoms with E-state index in [1.54, 1.807) is 19.1 Å². The van der Waals surface area contributed by atoms with Crippen LogP contribution in [0.2, 0.25) is 0 Å². The van der Waals surface area contributed by atoms with Crippen molar-refractivity contribution in [1.82, 2.24) is 4.98 Å². The fraction of sp³-hybridized carbons (Fsp3) is 0.0909. The van der Waals surface area contributed by atoms with E-state index in [0.29, 0.717) is 15.4 Å². The van der Waals surface area contributed by atoms with Gasteiger partial charge in [-0.25, -0.2) is 9.78 Å². The molecule has 1 aromatic heterocycles. The van der Waals surface area contributed by atoms with Crippen molar-refractivity contribution in [2.24, 2.45) is 0 Å². The van der Waals surface area contributed by atoms with Gasteiger partial charge >= 0.3 is 5.97 Å². The molecule has 0 fully saturated rings. The van der Waals surface area contributed by atoms with Crippen molar-refractivity contribution in [3.05, 3.63) is 33.9 Å². The van der Waals surface area contributed by atoms with Crippen molar-refractivity contribution < 1.29 is 15.0 Å². The lowest BCUT2D eigenvalue weighted by molar-refractivity contribution is 0.0694. The van der Waals surface area contributed by atoms with E-state index in [2.05, 4.69) is 20.9 Å². The van der Waals surface area contributed by atoms with Crippen molar-refractivity contribution in [2.45, 2.75) is 6.92 Å². The summed E-state index contributed by atoms with van der Waals surface area (Å²) in [5.41, 5.74) is 0.862. The number of fused-ring (bicyclic) bond motifs is 1. The van der Waals surface area contributed by atoms with Crippen molar-refractivity contribution in [1.29, 1.82) is 0 Å². The van der Waals surface area contributed by atoms with E-state index in [1.165, 1.54) is 6.07 Å². The van der Waals surface area contributed by atoms with Crippen LogP contribution in [0.5, 0.6) is 5.75 Å². The van der Waals surface area contributed by atoms with Crippen LogP contribution >= 0.6 is 15.9 Å². The van der Waals surface area contributed by atoms with Gasteiger partial charge in [-0.3, -0.25) is 0 Å². The van der Waals surface area contributed by atoms with Crippen LogP contribution in [0.25, 0.3) is 10.9 Å². The summed E-state index contributed by atoms with van der Waals surface area (Å²) in [6.07, 6.45) is 0. The lowest BCUT2D eigenvalue weighted by Gasteiger charge is -2.06. The second kappa shape index (κ2) is 3.75. The Bertz CT molecular complexity index is 595. The second-order valence-electron chi connectivity index (χ2n) is 3.41. The largest absolute Gasteiger partial charge is 0.505 e. The van der Waals surface area contributed by atoms with E-state index in [1.807, 2.05) is 0 Å². The minimum absolute atomic E-state index is 0.155. The number of aromatic nitrogens is 1. The lowest BCUT2D eigenvalue weighted by atomic mass is 10.1. The van der Waals surface area contributed by atoms with Crippen LogP contribution in [0, 0.1) is 6.92 Å². The van der Waals surface area contributed by atoms with Gasteiger partial charge in [0.15, 0.2) is 5.75 Å². The molecule has 5 heteroatoms. The maximum absolute atomic E-state index is 10.9. The lowest BCUT2D eigenvalue weighted by Crippen LogP contribution is -1.98. The Balaban J connectivity index is 2.91. The predicted octanol–water partition coefficient (Wildman–Crippen LogP) is 2.71. The molecule has 2 aromatic rings. The second-order valence-corrected chi connectivity index (χ2v) is 4.26. The highest BCUT2D eigenvalue weighted by Crippen LogP contribution is 2.33. The Hall–Kier alpha value is -1.62. The Morgan fingerprint density at radius 2 is 2.12 bits per heavy atom. The van der Waals surface area contributed by atoms with Crippen molar-refractivity contribution in [2.75, 3.05) is 0 Å². The molecule has 0 amide bonds. The van der Waals surface area contributed by atoms with Gasteiger partial charge in [0.2, 0.25) is 0 Å². The van der Waals surface area contributed by atoms with E-state index in [4.69, 9.17) is 5.11 Å². The molecule has 0 aliphatic heterocycles. The van der Waals surface area contributed by atoms with Gasteiger partial charge in [0.05, 0.1) is 0 Å². The van der Waals surface area contributed by atoms with E-state index in [-0.39, 0.29) is 11.3 Å². The van der Waals surface area contributed by atoms with Crippen LogP contribution in [0.1, 0.15) is 16.1 Å². The average molecular weight is 282 g/mol. The van der Waals surface area contributed by atoms with Crippen LogP contribution in [-0.2, 0) is 0 Å². The standard InChI is InChI=1S/C11H8BrNO3/c1-5-2-3-6-8(12)4-7(11(15)16)10(14)9(6)13-5/h2-4,14H,1H3,(H,15,16). The number of halogens is 1. The molecule has 0 spiro atoms. The molecule has 0 aliphatic carbocycles. The molecule has 0 saturated heterocycles. The van der Waals surface area contributed by atoms with Gasteiger partial charge in [0.1, 0.15) is 11.1 Å². The Labute approximate surface area is 99.7 Å². The van der Waals surface area contributed by atoms with E-state index < -0.39 is 5.97 Å². The monoisotopic (exact) mass is 281 g/mol. The maximum Gasteiger partial charge on any atom is 0.339 e. The fourth-order valence-corrected chi connectivity index (χ4v) is 2.04. The molecule has 0 saturated carbocycles. The van der Waals surface area contributed by atoms with E-state index in [9.17, 15) is 9.90 Å². The SMILES string of the molecule is Cc1ccc2c(Br)cc(C(=O)O)c(O)c2n1. The summed E-state index contributed by atoms with van der Waals surface area (Å²) in [5.74, 6) is -1.47. The number of nitrogens with zero attached hydrogens (tertiary/aromatic N) is 1. The zero-order valence-corrected chi connectivity index (χ0v) is 9.95. The zero-order chi connectivity index (χ0) is 11.9. The third kappa shape index (κ3) is 1.63. The number of aryl methyl sites for hydroxylation is 1. The van der Waals surface area contributed by atoms with Crippen molar-refractivity contribution in [3.63, 3.8) is 0 Å². The molecule has 1 aromatic carbocycles. The highest BCUT2D eigenvalue weighted by Gasteiger charge is 2.16. The molecule has 2 N–H and O–H groups in total. The smallest absolute Gasteiger partial charge is 0.339 e. The van der Waals surface area contributed by atoms with Gasteiger partial charge in [-0.05, 0) is 25.1 Å². The summed E-state index contributed by atoms with van der Waals surface area (Å²) in [6.45, 7) is 1.78. The number of aromatic hydroxyl groups is 1. The Kier molecular flexibility index (Phi) is 2.55. The first-order valence-electron chi connectivity index (χ1n) is 4.53. The van der Waals surface area contributed by atoms with Gasteiger partial charge in [-0.15, -0.1) is 0 Å². The molecule has 4 nitrogen and oxygen atoms in total. The molecule has 16 heavy (non-hydrogen) atoms. The quantitative estimate of drug-likeness (QED) is 0.843. The van der Waals surface area contributed by atoms with E-state index in [0.717, 1.165) is 5.69 Å². The number of hydrogen-bond donors (Lipinski definition) is 2. The summed E-state index contributed by atoms with van der Waals surface area (Å²) in [5, 5.41) is 19.4. The molecule has 0 aliphatic rings. The fourth-order valence-electron chi connectivity index (χ4n) is 1.49. The normalized spacial score (nSPS) is 10.6. The Morgan fingerprint density at radius 3 is 2.75 bits per heavy atom. The molecule has 0 bridgehead atoms. The first kappa shape index (κ1) is 10.9. The summed E-state index contributed by atoms with van der Waals surface area (Å²) in [6, 6.07) is 4.96. The number of aromatic carboxylic acids is 1. The first-order valence-corrected chi connectivity index (χ1v) is 5.32. The highest BCUT2D eigenvalue weighted by molar-refractivity contribution is 9.10. The molecule has 0 atom stereocenters. The summed E-state index contributed by atoms with van der Waals surface area (Å²) in [4.78, 5) is 15.0. The van der Waals surface area contributed by atoms with Crippen LogP contribution in [0.15, 0.2) is 22.7 Å². The number of carboxylic acid groups (broad SMARTS) is 1. The van der Waals surface area contributed by atoms with Crippen molar-refractivity contribution >= 4 is 32.8 Å². The first-order chi connectivity index (χ1) is 7.50. The van der Waals surface area contributed by atoms with Crippen LogP contribution < -0.4 is 0 Å². The third-order valence-electron chi connectivity index (χ3n) is 2.27. The third-order valence-corrected chi connectivity index (χ3v) is 2.93. The van der Waals surface area contributed by atoms with Gasteiger partial charge in [-0.2, -0.15) is 0 Å². The van der Waals surface area contributed by atoms with Crippen molar-refractivity contribution in [3.8, 4) is 5.75 Å². The van der Waals surface area contributed by atoms with Gasteiger partial charge in [0.25, 0.3) is 0 Å². The minimum atomic E-state index is -1.18. The average Bonchev–Trinajstić information content (AvgIpc) is 2.22. The predicted molar refractivity (Wildman–Crippen MR) is 62.8 cm³/mol. The summed E-state index contributed by atoms with van der Waals surface area (Å²) >= 11 is 3.26. The van der Waals surface area contributed by atoms with Crippen LogP contribution in [0.4, 0.5) is 0 Å². The summed E-state index contributed by atoms with van der Waals surface area (Å²) < 4.78 is 0.602. The maximum atomic E-state index is 10.9. The number of pyridine rings is 1. The number of phenols is 1. The van der Waals surface area contributed by atoms with E-state index >= 15 is 0 Å². The Morgan fingerprint density at radius 1 is 1.44 bits per heavy atom. The summed E-state index contributed by atoms with van der Waals surface area (Å²) in [7, 11) is 0. The molecule has 0 radical (unpaired) electrons. The molecule has 0 unspecified atom stereocenters. The zero-order valence-electron chi connectivity index (χ0n) is 8.36. The van der Waals surface area contributed by atoms with Gasteiger partial charge < -0.3 is 10.2 Å².